The maximum absolute atomic E-state index is 12.3. The number of aliphatic carboxylic acids is 3. The molecule has 0 heterocycles. The van der Waals surface area contributed by atoms with Gasteiger partial charge < -0.3 is 42.7 Å². The Bertz CT molecular complexity index is 726. The minimum Gasteiger partial charge on any atom is -0.481 e. The van der Waals surface area contributed by atoms with Crippen LogP contribution in [0.4, 0.5) is 0 Å². The first-order valence-electron chi connectivity index (χ1n) is 8.91. The Morgan fingerprint density at radius 2 is 1.39 bits per heavy atom. The first-order chi connectivity index (χ1) is 14.3. The fourth-order valence-corrected chi connectivity index (χ4v) is 2.15. The van der Waals surface area contributed by atoms with Crippen molar-refractivity contribution in [1.82, 2.24) is 16.0 Å². The van der Waals surface area contributed by atoms with Gasteiger partial charge in [-0.25, -0.2) is 4.79 Å². The smallest absolute Gasteiger partial charge is 0.326 e. The van der Waals surface area contributed by atoms with Crippen LogP contribution in [0.3, 0.4) is 0 Å². The quantitative estimate of drug-likeness (QED) is 0.120. The molecule has 0 saturated heterocycles. The fraction of sp³-hybridized carbons (Fsp3) is 0.562. The number of carbonyl (C=O) groups is 7. The molecule has 3 unspecified atom stereocenters. The van der Waals surface area contributed by atoms with E-state index in [0.29, 0.717) is 0 Å². The summed E-state index contributed by atoms with van der Waals surface area (Å²) in [6.07, 6.45) is -2.06. The second-order valence-corrected chi connectivity index (χ2v) is 6.38. The number of nitrogens with two attached hydrogens (primary N) is 2. The van der Waals surface area contributed by atoms with Gasteiger partial charge in [-0.3, -0.25) is 28.8 Å². The number of carboxylic acids is 3. The van der Waals surface area contributed by atoms with Crippen molar-refractivity contribution < 1.29 is 48.9 Å². The van der Waals surface area contributed by atoms with Gasteiger partial charge in [-0.1, -0.05) is 0 Å². The van der Waals surface area contributed by atoms with Crippen LogP contribution in [0, 0.1) is 0 Å². The molecule has 0 aliphatic heterocycles. The molecule has 0 bridgehead atoms. The van der Waals surface area contributed by atoms with Crippen LogP contribution in [0.25, 0.3) is 0 Å². The second kappa shape index (κ2) is 13.5. The zero-order valence-corrected chi connectivity index (χ0v) is 16.3. The highest BCUT2D eigenvalue weighted by Crippen LogP contribution is 2.01. The van der Waals surface area contributed by atoms with E-state index < -0.39 is 79.0 Å². The topological polar surface area (TPSA) is 268 Å². The minimum absolute atomic E-state index is 0.214. The molecule has 0 aliphatic rings. The molecule has 10 N–H and O–H groups in total. The van der Waals surface area contributed by atoms with Crippen LogP contribution in [-0.2, 0) is 33.6 Å². The van der Waals surface area contributed by atoms with E-state index in [1.807, 2.05) is 5.32 Å². The lowest BCUT2D eigenvalue weighted by molar-refractivity contribution is -0.147. The molecule has 0 aromatic rings. The lowest BCUT2D eigenvalue weighted by Gasteiger charge is -2.20. The zero-order valence-electron chi connectivity index (χ0n) is 16.3. The lowest BCUT2D eigenvalue weighted by atomic mass is 10.1. The number of primary amides is 1. The molecule has 0 saturated carbocycles. The van der Waals surface area contributed by atoms with Crippen molar-refractivity contribution in [1.29, 1.82) is 0 Å². The summed E-state index contributed by atoms with van der Waals surface area (Å²) in [4.78, 5) is 79.2. The van der Waals surface area contributed by atoms with Crippen molar-refractivity contribution >= 4 is 41.5 Å². The van der Waals surface area contributed by atoms with E-state index >= 15 is 0 Å². The third kappa shape index (κ3) is 12.4. The highest BCUT2D eigenvalue weighted by atomic mass is 16.4. The van der Waals surface area contributed by atoms with Crippen LogP contribution in [0.1, 0.15) is 32.1 Å². The molecule has 0 spiro atoms. The Balaban J connectivity index is 4.93. The SMILES string of the molecule is NC(=O)CCC(NC(=O)C(N)CCC(=O)O)C(=O)NCC(=O)NC(CC(=O)O)C(=O)O. The molecular weight excluding hydrogens is 422 g/mol. The summed E-state index contributed by atoms with van der Waals surface area (Å²) in [5, 5.41) is 32.4. The molecule has 0 radical (unpaired) electrons. The number of carbonyl (C=O) groups excluding carboxylic acids is 4. The highest BCUT2D eigenvalue weighted by Gasteiger charge is 2.26. The van der Waals surface area contributed by atoms with Gasteiger partial charge in [0, 0.05) is 12.8 Å². The van der Waals surface area contributed by atoms with E-state index in [4.69, 9.17) is 26.8 Å². The molecule has 0 aromatic carbocycles. The van der Waals surface area contributed by atoms with Gasteiger partial charge in [0.2, 0.25) is 23.6 Å². The van der Waals surface area contributed by atoms with Crippen molar-refractivity contribution in [2.24, 2.45) is 11.5 Å². The molecule has 0 aromatic heterocycles. The van der Waals surface area contributed by atoms with Crippen molar-refractivity contribution in [3.8, 4) is 0 Å². The number of nitrogens with one attached hydrogen (secondary N) is 3. The summed E-state index contributed by atoms with van der Waals surface area (Å²) < 4.78 is 0. The van der Waals surface area contributed by atoms with Crippen molar-refractivity contribution in [2.75, 3.05) is 6.54 Å². The number of hydrogen-bond donors (Lipinski definition) is 8. The fourth-order valence-electron chi connectivity index (χ4n) is 2.15. The average Bonchev–Trinajstić information content (AvgIpc) is 2.65. The maximum Gasteiger partial charge on any atom is 0.326 e. The van der Waals surface area contributed by atoms with Crippen LogP contribution >= 0.6 is 0 Å². The van der Waals surface area contributed by atoms with Gasteiger partial charge in [0.25, 0.3) is 0 Å². The first-order valence-corrected chi connectivity index (χ1v) is 8.91. The van der Waals surface area contributed by atoms with Crippen LogP contribution in [0.15, 0.2) is 0 Å². The number of carboxylic acid groups (broad SMARTS) is 3. The first kappa shape index (κ1) is 27.2. The summed E-state index contributed by atoms with van der Waals surface area (Å²) in [5.74, 6) is -7.84. The predicted octanol–water partition coefficient (Wildman–Crippen LogP) is -3.91. The molecule has 15 heteroatoms. The summed E-state index contributed by atoms with van der Waals surface area (Å²) in [6.45, 7) is -0.754. The monoisotopic (exact) mass is 447 g/mol. The lowest BCUT2D eigenvalue weighted by Crippen LogP contribution is -2.53. The van der Waals surface area contributed by atoms with Crippen LogP contribution in [-0.4, -0.2) is 81.5 Å². The van der Waals surface area contributed by atoms with Crippen LogP contribution < -0.4 is 27.4 Å². The molecule has 0 aliphatic carbocycles. The van der Waals surface area contributed by atoms with Gasteiger partial charge in [0.15, 0.2) is 0 Å². The third-order valence-corrected chi connectivity index (χ3v) is 3.75. The van der Waals surface area contributed by atoms with E-state index in [1.54, 1.807) is 0 Å². The van der Waals surface area contributed by atoms with E-state index in [-0.39, 0.29) is 19.3 Å². The van der Waals surface area contributed by atoms with E-state index in [0.717, 1.165) is 0 Å². The maximum atomic E-state index is 12.3. The van der Waals surface area contributed by atoms with E-state index in [2.05, 4.69) is 10.6 Å². The summed E-state index contributed by atoms with van der Waals surface area (Å²) in [7, 11) is 0. The van der Waals surface area contributed by atoms with Gasteiger partial charge in [0.05, 0.1) is 19.0 Å². The van der Waals surface area contributed by atoms with E-state index in [9.17, 15) is 33.6 Å². The predicted molar refractivity (Wildman–Crippen MR) is 100 cm³/mol. The average molecular weight is 447 g/mol. The van der Waals surface area contributed by atoms with Gasteiger partial charge in [0.1, 0.15) is 12.1 Å². The van der Waals surface area contributed by atoms with Crippen molar-refractivity contribution in [2.45, 2.75) is 50.2 Å². The Labute approximate surface area is 175 Å². The summed E-state index contributed by atoms with van der Waals surface area (Å²) in [6, 6.07) is -4.33. The molecule has 31 heavy (non-hydrogen) atoms. The minimum atomic E-state index is -1.72. The highest BCUT2D eigenvalue weighted by molar-refractivity contribution is 5.93. The summed E-state index contributed by atoms with van der Waals surface area (Å²) >= 11 is 0. The Morgan fingerprint density at radius 1 is 0.774 bits per heavy atom. The normalized spacial score (nSPS) is 13.2. The van der Waals surface area contributed by atoms with E-state index in [1.165, 1.54) is 0 Å². The van der Waals surface area contributed by atoms with Gasteiger partial charge in [-0.2, -0.15) is 0 Å². The third-order valence-electron chi connectivity index (χ3n) is 3.75. The Morgan fingerprint density at radius 3 is 1.87 bits per heavy atom. The molecule has 3 atom stereocenters. The molecular formula is C16H25N5O10. The van der Waals surface area contributed by atoms with Gasteiger partial charge in [-0.15, -0.1) is 0 Å². The van der Waals surface area contributed by atoms with Crippen molar-refractivity contribution in [3.05, 3.63) is 0 Å². The molecule has 15 nitrogen and oxygen atoms in total. The van der Waals surface area contributed by atoms with Crippen LogP contribution in [0.5, 0.6) is 0 Å². The Kier molecular flexibility index (Phi) is 11.8. The molecule has 0 fully saturated rings. The Hall–Kier alpha value is -3.75. The molecule has 174 valence electrons. The van der Waals surface area contributed by atoms with Crippen molar-refractivity contribution in [3.63, 3.8) is 0 Å². The van der Waals surface area contributed by atoms with Gasteiger partial charge >= 0.3 is 17.9 Å². The zero-order chi connectivity index (χ0) is 24.1. The largest absolute Gasteiger partial charge is 0.481 e. The molecule has 4 amide bonds. The van der Waals surface area contributed by atoms with Gasteiger partial charge in [-0.05, 0) is 12.8 Å². The summed E-state index contributed by atoms with van der Waals surface area (Å²) in [5.41, 5.74) is 10.6. The molecule has 0 rings (SSSR count). The standard InChI is InChI=1S/C16H25N5O10/c17-7(1-4-12(24)25)14(28)21-8(2-3-10(18)22)15(29)19-6-11(23)20-9(16(30)31)5-13(26)27/h7-9H,1-6,17H2,(H2,18,22)(H,19,29)(H,20,23)(H,21,28)(H,24,25)(H,26,27)(H,30,31). The van der Waals surface area contributed by atoms with Crippen LogP contribution in [0.2, 0.25) is 0 Å². The number of amides is 4. The number of hydrogen-bond acceptors (Lipinski definition) is 8. The number of rotatable bonds is 15. The second-order valence-electron chi connectivity index (χ2n) is 6.38.